The van der Waals surface area contributed by atoms with E-state index in [1.165, 1.54) is 12.0 Å². The average molecular weight is 405 g/mol. The molecule has 2 aliphatic carbocycles. The van der Waals surface area contributed by atoms with Crippen LogP contribution in [0, 0.1) is 29.6 Å². The van der Waals surface area contributed by atoms with Crippen LogP contribution in [0.2, 0.25) is 0 Å². The number of carbonyl (C=O) groups is 2. The third-order valence-electron chi connectivity index (χ3n) is 7.05. The van der Waals surface area contributed by atoms with E-state index in [0.29, 0.717) is 24.2 Å². The number of aliphatic hydroxyl groups is 1. The minimum atomic E-state index is -0.594. The summed E-state index contributed by atoms with van der Waals surface area (Å²) in [6, 6.07) is 0. The lowest BCUT2D eigenvalue weighted by atomic mass is 9.66. The van der Waals surface area contributed by atoms with Crippen molar-refractivity contribution in [2.75, 3.05) is 0 Å². The Labute approximate surface area is 174 Å². The Kier molecular flexibility index (Phi) is 7.20. The molecule has 0 aromatic rings. The standard InChI is InChI=1S/C24H36O5/c1-5-15(3)24(27)29-22-11-17-10-14(2)6-8-21(17)20(16(22)4)9-7-19-12-18(25)13-23(26)28-19/h10-11,14-16,18-21,25H,5-9,12-13H2,1-4H3. The van der Waals surface area contributed by atoms with Gasteiger partial charge in [-0.1, -0.05) is 33.8 Å². The van der Waals surface area contributed by atoms with Crippen LogP contribution in [-0.2, 0) is 19.1 Å². The maximum atomic E-state index is 12.4. The highest BCUT2D eigenvalue weighted by atomic mass is 16.5. The quantitative estimate of drug-likeness (QED) is 0.658. The van der Waals surface area contributed by atoms with Crippen molar-refractivity contribution in [1.29, 1.82) is 0 Å². The fraction of sp³-hybridized carbons (Fsp3) is 0.750. The molecule has 1 saturated heterocycles. The molecule has 0 radical (unpaired) electrons. The minimum absolute atomic E-state index is 0.0994. The number of hydrogen-bond acceptors (Lipinski definition) is 5. The van der Waals surface area contributed by atoms with Gasteiger partial charge in [0, 0.05) is 12.3 Å². The number of fused-ring (bicyclic) bond motifs is 1. The molecular formula is C24H36O5. The molecule has 1 heterocycles. The van der Waals surface area contributed by atoms with Crippen LogP contribution in [-0.4, -0.2) is 29.3 Å². The van der Waals surface area contributed by atoms with E-state index in [2.05, 4.69) is 26.0 Å². The van der Waals surface area contributed by atoms with Crippen LogP contribution in [0.1, 0.15) is 72.6 Å². The molecule has 1 N–H and O–H groups in total. The van der Waals surface area contributed by atoms with E-state index in [-0.39, 0.29) is 36.3 Å². The first-order chi connectivity index (χ1) is 13.8. The fourth-order valence-electron chi connectivity index (χ4n) is 4.99. The van der Waals surface area contributed by atoms with Crippen LogP contribution in [0.5, 0.6) is 0 Å². The van der Waals surface area contributed by atoms with Crippen molar-refractivity contribution in [2.45, 2.75) is 84.8 Å². The van der Waals surface area contributed by atoms with Crippen LogP contribution in [0.25, 0.3) is 0 Å². The smallest absolute Gasteiger partial charge is 0.313 e. The van der Waals surface area contributed by atoms with Gasteiger partial charge in [0.05, 0.1) is 18.4 Å². The summed E-state index contributed by atoms with van der Waals surface area (Å²) < 4.78 is 11.3. The number of aliphatic hydroxyl groups excluding tert-OH is 1. The predicted octanol–water partition coefficient (Wildman–Crippen LogP) is 4.54. The molecule has 0 saturated carbocycles. The van der Waals surface area contributed by atoms with Gasteiger partial charge in [0.15, 0.2) is 0 Å². The molecule has 162 valence electrons. The summed E-state index contributed by atoms with van der Waals surface area (Å²) in [6.45, 7) is 8.28. The highest BCUT2D eigenvalue weighted by Gasteiger charge is 2.39. The van der Waals surface area contributed by atoms with E-state index in [1.807, 2.05) is 13.8 Å². The van der Waals surface area contributed by atoms with Crippen molar-refractivity contribution in [3.8, 4) is 0 Å². The lowest BCUT2D eigenvalue weighted by Gasteiger charge is -2.41. The summed E-state index contributed by atoms with van der Waals surface area (Å²) in [5.41, 5.74) is 1.29. The molecule has 5 nitrogen and oxygen atoms in total. The molecule has 7 atom stereocenters. The van der Waals surface area contributed by atoms with Crippen LogP contribution in [0.15, 0.2) is 23.5 Å². The van der Waals surface area contributed by atoms with Crippen molar-refractivity contribution in [3.05, 3.63) is 23.5 Å². The van der Waals surface area contributed by atoms with Crippen LogP contribution >= 0.6 is 0 Å². The fourth-order valence-corrected chi connectivity index (χ4v) is 4.99. The van der Waals surface area contributed by atoms with Crippen LogP contribution < -0.4 is 0 Å². The number of esters is 2. The molecule has 3 rings (SSSR count). The highest BCUT2D eigenvalue weighted by Crippen LogP contribution is 2.46. The molecule has 0 spiro atoms. The van der Waals surface area contributed by atoms with E-state index in [4.69, 9.17) is 9.47 Å². The monoisotopic (exact) mass is 404 g/mol. The number of cyclic esters (lactones) is 1. The Bertz CT molecular complexity index is 679. The number of hydrogen-bond donors (Lipinski definition) is 1. The molecule has 3 aliphatic rings. The lowest BCUT2D eigenvalue weighted by molar-refractivity contribution is -0.160. The van der Waals surface area contributed by atoms with E-state index in [1.54, 1.807) is 0 Å². The third kappa shape index (κ3) is 5.30. The second kappa shape index (κ2) is 9.46. The molecular weight excluding hydrogens is 368 g/mol. The van der Waals surface area contributed by atoms with E-state index in [9.17, 15) is 14.7 Å². The Balaban J connectivity index is 1.75. The van der Waals surface area contributed by atoms with E-state index in [0.717, 1.165) is 31.4 Å². The number of allylic oxidation sites excluding steroid dienone is 4. The lowest BCUT2D eigenvalue weighted by Crippen LogP contribution is -2.36. The zero-order chi connectivity index (χ0) is 21.1. The first-order valence-electron chi connectivity index (χ1n) is 11.3. The van der Waals surface area contributed by atoms with Gasteiger partial charge >= 0.3 is 11.9 Å². The number of carbonyl (C=O) groups excluding carboxylic acids is 2. The Morgan fingerprint density at radius 3 is 2.76 bits per heavy atom. The Morgan fingerprint density at radius 2 is 2.07 bits per heavy atom. The summed E-state index contributed by atoms with van der Waals surface area (Å²) in [4.78, 5) is 24.1. The van der Waals surface area contributed by atoms with Gasteiger partial charge in [-0.25, -0.2) is 0 Å². The molecule has 0 bridgehead atoms. The second-order valence-corrected chi connectivity index (χ2v) is 9.34. The summed E-state index contributed by atoms with van der Waals surface area (Å²) in [7, 11) is 0. The molecule has 1 fully saturated rings. The second-order valence-electron chi connectivity index (χ2n) is 9.34. The van der Waals surface area contributed by atoms with Gasteiger partial charge in [0.2, 0.25) is 0 Å². The normalized spacial score (nSPS) is 35.7. The summed E-state index contributed by atoms with van der Waals surface area (Å²) in [6.07, 6.45) is 8.94. The minimum Gasteiger partial charge on any atom is -0.462 e. The van der Waals surface area contributed by atoms with Crippen molar-refractivity contribution in [1.82, 2.24) is 0 Å². The Morgan fingerprint density at radius 1 is 1.31 bits per heavy atom. The molecule has 0 aromatic carbocycles. The highest BCUT2D eigenvalue weighted by molar-refractivity contribution is 5.73. The van der Waals surface area contributed by atoms with Crippen molar-refractivity contribution < 1.29 is 24.2 Å². The van der Waals surface area contributed by atoms with Gasteiger partial charge < -0.3 is 14.6 Å². The molecule has 5 heteroatoms. The zero-order valence-corrected chi connectivity index (χ0v) is 18.2. The molecule has 29 heavy (non-hydrogen) atoms. The molecule has 0 aromatic heterocycles. The van der Waals surface area contributed by atoms with Gasteiger partial charge in [-0.05, 0) is 61.5 Å². The van der Waals surface area contributed by atoms with Crippen LogP contribution in [0.4, 0.5) is 0 Å². The van der Waals surface area contributed by atoms with E-state index >= 15 is 0 Å². The van der Waals surface area contributed by atoms with Crippen molar-refractivity contribution in [2.24, 2.45) is 29.6 Å². The zero-order valence-electron chi connectivity index (χ0n) is 18.2. The first-order valence-corrected chi connectivity index (χ1v) is 11.3. The average Bonchev–Trinajstić information content (AvgIpc) is 2.66. The SMILES string of the molecule is CCC(C)C(=O)OC1=CC2=CC(C)CCC2C(CCC2CC(O)CC(=O)O2)C1C. The molecule has 7 unspecified atom stereocenters. The van der Waals surface area contributed by atoms with Crippen molar-refractivity contribution >= 4 is 11.9 Å². The third-order valence-corrected chi connectivity index (χ3v) is 7.05. The Hall–Kier alpha value is -1.62. The maximum Gasteiger partial charge on any atom is 0.313 e. The topological polar surface area (TPSA) is 72.8 Å². The van der Waals surface area contributed by atoms with Gasteiger partial charge in [-0.15, -0.1) is 0 Å². The number of rotatable bonds is 6. The maximum absolute atomic E-state index is 12.4. The first kappa shape index (κ1) is 22.1. The molecule has 0 amide bonds. The van der Waals surface area contributed by atoms with Gasteiger partial charge in [-0.3, -0.25) is 9.59 Å². The number of ether oxygens (including phenoxy) is 2. The summed E-state index contributed by atoms with van der Waals surface area (Å²) in [5, 5.41) is 9.90. The predicted molar refractivity (Wildman–Crippen MR) is 111 cm³/mol. The largest absolute Gasteiger partial charge is 0.462 e. The van der Waals surface area contributed by atoms with Crippen molar-refractivity contribution in [3.63, 3.8) is 0 Å². The van der Waals surface area contributed by atoms with Gasteiger partial charge in [0.1, 0.15) is 11.9 Å². The summed E-state index contributed by atoms with van der Waals surface area (Å²) in [5.74, 6) is 1.68. The van der Waals surface area contributed by atoms with Gasteiger partial charge in [0.25, 0.3) is 0 Å². The summed E-state index contributed by atoms with van der Waals surface area (Å²) >= 11 is 0. The molecule has 1 aliphatic heterocycles. The van der Waals surface area contributed by atoms with Crippen LogP contribution in [0.3, 0.4) is 0 Å². The van der Waals surface area contributed by atoms with E-state index < -0.39 is 6.10 Å². The van der Waals surface area contributed by atoms with Gasteiger partial charge in [-0.2, -0.15) is 0 Å².